The molecule has 0 aliphatic carbocycles. The normalized spacial score (nSPS) is 10.4. The van der Waals surface area contributed by atoms with Gasteiger partial charge in [0.1, 0.15) is 0 Å². The number of ether oxygens (including phenoxy) is 1. The summed E-state index contributed by atoms with van der Waals surface area (Å²) < 4.78 is 4.53. The van der Waals surface area contributed by atoms with Crippen LogP contribution in [0.25, 0.3) is 0 Å². The van der Waals surface area contributed by atoms with Gasteiger partial charge >= 0.3 is 5.97 Å². The molecule has 1 aromatic rings. The van der Waals surface area contributed by atoms with Crippen molar-refractivity contribution in [3.8, 4) is 0 Å². The van der Waals surface area contributed by atoms with Crippen molar-refractivity contribution in [3.05, 3.63) is 28.2 Å². The fourth-order valence-electron chi connectivity index (χ4n) is 1.50. The summed E-state index contributed by atoms with van der Waals surface area (Å²) in [6.07, 6.45) is 0.229. The van der Waals surface area contributed by atoms with Gasteiger partial charge in [0.25, 0.3) is 0 Å². The molecule has 0 saturated carbocycles. The van der Waals surface area contributed by atoms with Crippen molar-refractivity contribution in [1.29, 1.82) is 0 Å². The maximum Gasteiger partial charge on any atom is 0.306 e. The Morgan fingerprint density at radius 1 is 1.30 bits per heavy atom. The van der Waals surface area contributed by atoms with Crippen molar-refractivity contribution < 1.29 is 14.3 Å². The molecule has 1 rings (SSSR count). The van der Waals surface area contributed by atoms with Gasteiger partial charge in [0.15, 0.2) is 0 Å². The molecule has 0 bridgehead atoms. The van der Waals surface area contributed by atoms with Crippen LogP contribution in [-0.4, -0.2) is 44.0 Å². The number of nitrogens with one attached hydrogen (secondary N) is 1. The van der Waals surface area contributed by atoms with Crippen molar-refractivity contribution >= 4 is 40.8 Å². The van der Waals surface area contributed by atoms with E-state index in [1.54, 1.807) is 30.1 Å². The van der Waals surface area contributed by atoms with Crippen molar-refractivity contribution in [2.75, 3.05) is 32.6 Å². The Morgan fingerprint density at radius 3 is 2.45 bits per heavy atom. The first-order chi connectivity index (χ1) is 9.43. The molecule has 5 nitrogen and oxygen atoms in total. The van der Waals surface area contributed by atoms with Gasteiger partial charge < -0.3 is 10.1 Å². The van der Waals surface area contributed by atoms with Gasteiger partial charge in [0.2, 0.25) is 5.91 Å². The number of esters is 1. The molecular weight excluding hydrogens is 303 g/mol. The van der Waals surface area contributed by atoms with Crippen LogP contribution in [0.5, 0.6) is 0 Å². The zero-order chi connectivity index (χ0) is 15.1. The van der Waals surface area contributed by atoms with Crippen molar-refractivity contribution in [2.24, 2.45) is 0 Å². The third kappa shape index (κ3) is 5.36. The maximum atomic E-state index is 11.9. The molecule has 110 valence electrons. The van der Waals surface area contributed by atoms with E-state index < -0.39 is 0 Å². The Morgan fingerprint density at radius 2 is 1.90 bits per heavy atom. The lowest BCUT2D eigenvalue weighted by atomic mass is 10.3. The monoisotopic (exact) mass is 318 g/mol. The van der Waals surface area contributed by atoms with Crippen molar-refractivity contribution in [3.63, 3.8) is 0 Å². The third-order valence-electron chi connectivity index (χ3n) is 2.57. The summed E-state index contributed by atoms with van der Waals surface area (Å²) in [4.78, 5) is 24.6. The highest BCUT2D eigenvalue weighted by molar-refractivity contribution is 6.39. The van der Waals surface area contributed by atoms with Gasteiger partial charge in [-0.3, -0.25) is 14.5 Å². The van der Waals surface area contributed by atoms with Crippen LogP contribution < -0.4 is 5.32 Å². The number of benzene rings is 1. The summed E-state index contributed by atoms with van der Waals surface area (Å²) >= 11 is 11.9. The standard InChI is InChI=1S/C13H16Cl2N2O3/c1-17(7-6-12(19)20-2)8-11(18)16-13-9(14)4-3-5-10(13)15/h3-5H,6-8H2,1-2H3,(H,16,18). The Labute approximate surface area is 127 Å². The molecule has 0 spiro atoms. The number of methoxy groups -OCH3 is 1. The molecule has 0 aromatic heterocycles. The third-order valence-corrected chi connectivity index (χ3v) is 3.20. The molecule has 1 amide bonds. The predicted molar refractivity (Wildman–Crippen MR) is 79.2 cm³/mol. The number of halogens is 2. The topological polar surface area (TPSA) is 58.6 Å². The van der Waals surface area contributed by atoms with Gasteiger partial charge in [0, 0.05) is 6.54 Å². The van der Waals surface area contributed by atoms with E-state index in [2.05, 4.69) is 10.1 Å². The second kappa shape index (κ2) is 8.09. The Kier molecular flexibility index (Phi) is 6.78. The fourth-order valence-corrected chi connectivity index (χ4v) is 2.00. The van der Waals surface area contributed by atoms with Crippen LogP contribution >= 0.6 is 23.2 Å². The molecule has 0 atom stereocenters. The van der Waals surface area contributed by atoms with E-state index in [-0.39, 0.29) is 24.8 Å². The molecule has 0 fully saturated rings. The van der Waals surface area contributed by atoms with E-state index in [1.165, 1.54) is 7.11 Å². The molecule has 1 aromatic carbocycles. The lowest BCUT2D eigenvalue weighted by Gasteiger charge is -2.16. The summed E-state index contributed by atoms with van der Waals surface area (Å²) in [6, 6.07) is 4.98. The van der Waals surface area contributed by atoms with Crippen LogP contribution in [-0.2, 0) is 14.3 Å². The molecule has 0 aliphatic heterocycles. The lowest BCUT2D eigenvalue weighted by molar-refractivity contribution is -0.141. The number of anilines is 1. The summed E-state index contributed by atoms with van der Waals surface area (Å²) in [7, 11) is 3.06. The second-order valence-electron chi connectivity index (χ2n) is 4.21. The smallest absolute Gasteiger partial charge is 0.306 e. The molecule has 0 heterocycles. The molecule has 20 heavy (non-hydrogen) atoms. The highest BCUT2D eigenvalue weighted by Crippen LogP contribution is 2.29. The van der Waals surface area contributed by atoms with Crippen LogP contribution in [0.4, 0.5) is 5.69 Å². The highest BCUT2D eigenvalue weighted by atomic mass is 35.5. The van der Waals surface area contributed by atoms with Gasteiger partial charge in [-0.15, -0.1) is 0 Å². The zero-order valence-electron chi connectivity index (χ0n) is 11.3. The van der Waals surface area contributed by atoms with E-state index >= 15 is 0 Å². The minimum Gasteiger partial charge on any atom is -0.469 e. The lowest BCUT2D eigenvalue weighted by Crippen LogP contribution is -2.32. The number of para-hydroxylation sites is 1. The van der Waals surface area contributed by atoms with Crippen LogP contribution in [0, 0.1) is 0 Å². The largest absolute Gasteiger partial charge is 0.469 e. The highest BCUT2D eigenvalue weighted by Gasteiger charge is 2.12. The van der Waals surface area contributed by atoms with E-state index in [9.17, 15) is 9.59 Å². The number of hydrogen-bond donors (Lipinski definition) is 1. The number of rotatable bonds is 6. The van der Waals surface area contributed by atoms with E-state index in [4.69, 9.17) is 23.2 Å². The van der Waals surface area contributed by atoms with Gasteiger partial charge in [-0.25, -0.2) is 0 Å². The van der Waals surface area contributed by atoms with Gasteiger partial charge in [-0.05, 0) is 19.2 Å². The molecule has 0 saturated heterocycles. The van der Waals surface area contributed by atoms with E-state index in [1.807, 2.05) is 0 Å². The summed E-state index contributed by atoms with van der Waals surface area (Å²) in [5.74, 6) is -0.571. The Hall–Kier alpha value is -1.30. The van der Waals surface area contributed by atoms with Crippen molar-refractivity contribution in [1.82, 2.24) is 4.90 Å². The molecule has 0 aliphatic rings. The summed E-state index contributed by atoms with van der Waals surface area (Å²) in [6.45, 7) is 0.550. The first kappa shape index (κ1) is 16.8. The van der Waals surface area contributed by atoms with Crippen molar-refractivity contribution in [2.45, 2.75) is 6.42 Å². The molecule has 7 heteroatoms. The maximum absolute atomic E-state index is 11.9. The fraction of sp³-hybridized carbons (Fsp3) is 0.385. The summed E-state index contributed by atoms with van der Waals surface area (Å²) in [5.41, 5.74) is 0.391. The van der Waals surface area contributed by atoms with Gasteiger partial charge in [-0.2, -0.15) is 0 Å². The average Bonchev–Trinajstić information content (AvgIpc) is 2.40. The Balaban J connectivity index is 2.49. The van der Waals surface area contributed by atoms with Gasteiger partial charge in [0.05, 0.1) is 35.8 Å². The number of amides is 1. The molecular formula is C13H16Cl2N2O3. The minimum atomic E-state index is -0.314. The van der Waals surface area contributed by atoms with Crippen LogP contribution in [0.15, 0.2) is 18.2 Å². The van der Waals surface area contributed by atoms with Crippen LogP contribution in [0.3, 0.4) is 0 Å². The first-order valence-electron chi connectivity index (χ1n) is 5.93. The van der Waals surface area contributed by atoms with Crippen LogP contribution in [0.1, 0.15) is 6.42 Å². The number of nitrogens with zero attached hydrogens (tertiary/aromatic N) is 1. The molecule has 0 radical (unpaired) electrons. The van der Waals surface area contributed by atoms with Crippen LogP contribution in [0.2, 0.25) is 10.0 Å². The number of carbonyl (C=O) groups is 2. The molecule has 1 N–H and O–H groups in total. The second-order valence-corrected chi connectivity index (χ2v) is 5.02. The number of carbonyl (C=O) groups excluding carboxylic acids is 2. The SMILES string of the molecule is COC(=O)CCN(C)CC(=O)Nc1c(Cl)cccc1Cl. The van der Waals surface area contributed by atoms with Gasteiger partial charge in [-0.1, -0.05) is 29.3 Å². The average molecular weight is 319 g/mol. The quantitative estimate of drug-likeness (QED) is 0.818. The van der Waals surface area contributed by atoms with E-state index in [0.717, 1.165) is 0 Å². The zero-order valence-corrected chi connectivity index (χ0v) is 12.8. The Bertz CT molecular complexity index is 474. The number of hydrogen-bond acceptors (Lipinski definition) is 4. The summed E-state index contributed by atoms with van der Waals surface area (Å²) in [5, 5.41) is 3.41. The minimum absolute atomic E-state index is 0.124. The number of likely N-dealkylation sites (N-methyl/N-ethyl adjacent to an activating group) is 1. The molecule has 0 unspecified atom stereocenters. The first-order valence-corrected chi connectivity index (χ1v) is 6.69. The van der Waals surface area contributed by atoms with E-state index in [0.29, 0.717) is 22.3 Å². The predicted octanol–water partition coefficient (Wildman–Crippen LogP) is 2.43.